The van der Waals surface area contributed by atoms with E-state index < -0.39 is 5.54 Å². The van der Waals surface area contributed by atoms with Crippen molar-refractivity contribution in [3.63, 3.8) is 0 Å². The Bertz CT molecular complexity index is 243. The van der Waals surface area contributed by atoms with Crippen LogP contribution >= 0.6 is 0 Å². The predicted octanol–water partition coefficient (Wildman–Crippen LogP) is 1.18. The lowest BCUT2D eigenvalue weighted by Crippen LogP contribution is -2.54. The molecule has 4 nitrogen and oxygen atoms in total. The molecule has 86 valence electrons. The molecule has 1 amide bonds. The lowest BCUT2D eigenvalue weighted by molar-refractivity contribution is -0.127. The Hall–Kier alpha value is -1.08. The zero-order chi connectivity index (χ0) is 11.9. The molecule has 0 spiro atoms. The maximum Gasteiger partial charge on any atom is 0.239 e. The molecule has 0 aliphatic heterocycles. The van der Waals surface area contributed by atoms with E-state index in [0.717, 1.165) is 13.0 Å². The van der Waals surface area contributed by atoms with Gasteiger partial charge in [0, 0.05) is 6.04 Å². The van der Waals surface area contributed by atoms with Gasteiger partial charge in [0.05, 0.1) is 18.0 Å². The van der Waals surface area contributed by atoms with Gasteiger partial charge < -0.3 is 10.6 Å². The van der Waals surface area contributed by atoms with Crippen LogP contribution in [0.4, 0.5) is 0 Å². The topological polar surface area (TPSA) is 64.9 Å². The van der Waals surface area contributed by atoms with Crippen molar-refractivity contribution in [3.8, 4) is 6.07 Å². The number of hydrogen-bond donors (Lipinski definition) is 2. The van der Waals surface area contributed by atoms with Gasteiger partial charge in [0.25, 0.3) is 0 Å². The normalized spacial score (nSPS) is 13.0. The third-order valence-corrected chi connectivity index (χ3v) is 2.35. The molecular weight excluding hydrogens is 190 g/mol. The van der Waals surface area contributed by atoms with Gasteiger partial charge in [-0.25, -0.2) is 0 Å². The molecule has 0 saturated carbocycles. The molecule has 0 rings (SSSR count). The Morgan fingerprint density at radius 3 is 2.47 bits per heavy atom. The minimum atomic E-state index is -0.572. The van der Waals surface area contributed by atoms with E-state index in [1.54, 1.807) is 0 Å². The van der Waals surface area contributed by atoms with Gasteiger partial charge in [-0.3, -0.25) is 4.79 Å². The van der Waals surface area contributed by atoms with Crippen molar-refractivity contribution < 1.29 is 4.79 Å². The molecule has 1 atom stereocenters. The average Bonchev–Trinajstić information content (AvgIpc) is 2.16. The quantitative estimate of drug-likeness (QED) is 0.693. The van der Waals surface area contributed by atoms with Crippen molar-refractivity contribution in [1.82, 2.24) is 10.6 Å². The SMILES string of the molecule is CCNC(C)(C)C(=O)NC(CC)CC#N. The van der Waals surface area contributed by atoms with Crippen LogP contribution in [0.1, 0.15) is 40.5 Å². The van der Waals surface area contributed by atoms with E-state index in [9.17, 15) is 4.79 Å². The smallest absolute Gasteiger partial charge is 0.239 e. The summed E-state index contributed by atoms with van der Waals surface area (Å²) in [5.41, 5.74) is -0.572. The fourth-order valence-corrected chi connectivity index (χ4v) is 1.30. The highest BCUT2D eigenvalue weighted by molar-refractivity contribution is 5.85. The van der Waals surface area contributed by atoms with Crippen LogP contribution < -0.4 is 10.6 Å². The highest BCUT2D eigenvalue weighted by atomic mass is 16.2. The third-order valence-electron chi connectivity index (χ3n) is 2.35. The van der Waals surface area contributed by atoms with E-state index in [1.807, 2.05) is 27.7 Å². The van der Waals surface area contributed by atoms with Gasteiger partial charge in [-0.2, -0.15) is 5.26 Å². The molecule has 0 aliphatic rings. The summed E-state index contributed by atoms with van der Waals surface area (Å²) in [4.78, 5) is 11.8. The summed E-state index contributed by atoms with van der Waals surface area (Å²) in [7, 11) is 0. The minimum absolute atomic E-state index is 0.0413. The maximum absolute atomic E-state index is 11.8. The number of carbonyl (C=O) groups is 1. The van der Waals surface area contributed by atoms with E-state index in [2.05, 4.69) is 16.7 Å². The van der Waals surface area contributed by atoms with E-state index >= 15 is 0 Å². The van der Waals surface area contributed by atoms with E-state index in [-0.39, 0.29) is 11.9 Å². The van der Waals surface area contributed by atoms with E-state index in [0.29, 0.717) is 6.42 Å². The van der Waals surface area contributed by atoms with Crippen LogP contribution in [0.25, 0.3) is 0 Å². The number of rotatable bonds is 6. The van der Waals surface area contributed by atoms with Gasteiger partial charge in [0.2, 0.25) is 5.91 Å². The molecule has 0 fully saturated rings. The summed E-state index contributed by atoms with van der Waals surface area (Å²) in [5, 5.41) is 14.5. The van der Waals surface area contributed by atoms with Crippen molar-refractivity contribution >= 4 is 5.91 Å². The monoisotopic (exact) mass is 211 g/mol. The van der Waals surface area contributed by atoms with E-state index in [4.69, 9.17) is 5.26 Å². The summed E-state index contributed by atoms with van der Waals surface area (Å²) < 4.78 is 0. The van der Waals surface area contributed by atoms with Crippen molar-refractivity contribution in [2.45, 2.75) is 52.1 Å². The number of nitriles is 1. The molecule has 0 aromatic heterocycles. The first-order chi connectivity index (χ1) is 6.97. The Morgan fingerprint density at radius 2 is 2.07 bits per heavy atom. The van der Waals surface area contributed by atoms with Crippen LogP contribution in [-0.4, -0.2) is 24.0 Å². The van der Waals surface area contributed by atoms with Crippen molar-refractivity contribution in [1.29, 1.82) is 5.26 Å². The Labute approximate surface area is 92.0 Å². The van der Waals surface area contributed by atoms with Crippen molar-refractivity contribution in [3.05, 3.63) is 0 Å². The molecule has 4 heteroatoms. The molecule has 0 saturated heterocycles. The summed E-state index contributed by atoms with van der Waals surface area (Å²) in [6, 6.07) is 2.03. The zero-order valence-electron chi connectivity index (χ0n) is 10.1. The van der Waals surface area contributed by atoms with Gasteiger partial charge in [0.15, 0.2) is 0 Å². The highest BCUT2D eigenvalue weighted by Crippen LogP contribution is 2.04. The first-order valence-corrected chi connectivity index (χ1v) is 5.40. The van der Waals surface area contributed by atoms with Crippen LogP contribution in [0.3, 0.4) is 0 Å². The number of nitrogens with one attached hydrogen (secondary N) is 2. The molecule has 0 aliphatic carbocycles. The Morgan fingerprint density at radius 1 is 1.47 bits per heavy atom. The molecule has 0 heterocycles. The minimum Gasteiger partial charge on any atom is -0.351 e. The fraction of sp³-hybridized carbons (Fsp3) is 0.818. The first kappa shape index (κ1) is 13.9. The van der Waals surface area contributed by atoms with E-state index in [1.165, 1.54) is 0 Å². The van der Waals surface area contributed by atoms with Gasteiger partial charge in [-0.1, -0.05) is 13.8 Å². The average molecular weight is 211 g/mol. The number of likely N-dealkylation sites (N-methyl/N-ethyl adjacent to an activating group) is 1. The molecule has 0 aromatic carbocycles. The van der Waals surface area contributed by atoms with Crippen LogP contribution in [0, 0.1) is 11.3 Å². The lowest BCUT2D eigenvalue weighted by atomic mass is 10.0. The molecule has 15 heavy (non-hydrogen) atoms. The van der Waals surface area contributed by atoms with Crippen LogP contribution in [-0.2, 0) is 4.79 Å². The summed E-state index contributed by atoms with van der Waals surface area (Å²) >= 11 is 0. The van der Waals surface area contributed by atoms with Crippen LogP contribution in [0.2, 0.25) is 0 Å². The maximum atomic E-state index is 11.8. The summed E-state index contributed by atoms with van der Waals surface area (Å²) in [6.45, 7) is 8.34. The molecule has 1 unspecified atom stereocenters. The highest BCUT2D eigenvalue weighted by Gasteiger charge is 2.27. The lowest BCUT2D eigenvalue weighted by Gasteiger charge is -2.26. The van der Waals surface area contributed by atoms with Crippen molar-refractivity contribution in [2.24, 2.45) is 0 Å². The predicted molar refractivity (Wildman–Crippen MR) is 60.2 cm³/mol. The summed E-state index contributed by atoms with van der Waals surface area (Å²) in [6.07, 6.45) is 1.14. The van der Waals surface area contributed by atoms with Crippen LogP contribution in [0.5, 0.6) is 0 Å². The second-order valence-electron chi connectivity index (χ2n) is 4.10. The largest absolute Gasteiger partial charge is 0.351 e. The molecule has 2 N–H and O–H groups in total. The molecular formula is C11H21N3O. The number of nitrogens with zero attached hydrogens (tertiary/aromatic N) is 1. The third kappa shape index (κ3) is 4.80. The standard InChI is InChI=1S/C11H21N3O/c1-5-9(7-8-12)14-10(15)11(3,4)13-6-2/h9,13H,5-7H2,1-4H3,(H,14,15). The molecule has 0 radical (unpaired) electrons. The second-order valence-corrected chi connectivity index (χ2v) is 4.10. The molecule has 0 bridgehead atoms. The van der Waals surface area contributed by atoms with Gasteiger partial charge >= 0.3 is 0 Å². The Kier molecular flexibility index (Phi) is 5.95. The fourth-order valence-electron chi connectivity index (χ4n) is 1.30. The van der Waals surface area contributed by atoms with Crippen LogP contribution in [0.15, 0.2) is 0 Å². The number of amides is 1. The second kappa shape index (κ2) is 6.41. The number of carbonyl (C=O) groups excluding carboxylic acids is 1. The molecule has 0 aromatic rings. The Balaban J connectivity index is 4.27. The summed E-state index contributed by atoms with van der Waals surface area (Å²) in [5.74, 6) is -0.0496. The van der Waals surface area contributed by atoms with Gasteiger partial charge in [0.1, 0.15) is 0 Å². The zero-order valence-corrected chi connectivity index (χ0v) is 10.1. The van der Waals surface area contributed by atoms with Crippen molar-refractivity contribution in [2.75, 3.05) is 6.54 Å². The first-order valence-electron chi connectivity index (χ1n) is 5.40. The van der Waals surface area contributed by atoms with Gasteiger partial charge in [-0.15, -0.1) is 0 Å². The number of hydrogen-bond acceptors (Lipinski definition) is 3. The van der Waals surface area contributed by atoms with Gasteiger partial charge in [-0.05, 0) is 26.8 Å².